The lowest BCUT2D eigenvalue weighted by atomic mass is 9.64. The van der Waals surface area contributed by atoms with Crippen LogP contribution in [0.15, 0.2) is 0 Å². The molecule has 0 aliphatic carbocycles. The Balaban J connectivity index is 4.63. The van der Waals surface area contributed by atoms with E-state index in [1.807, 2.05) is 27.7 Å². The van der Waals surface area contributed by atoms with Gasteiger partial charge in [0, 0.05) is 0 Å². The summed E-state index contributed by atoms with van der Waals surface area (Å²) in [6.07, 6.45) is 0.598. The van der Waals surface area contributed by atoms with E-state index < -0.39 is 0 Å². The lowest BCUT2D eigenvalue weighted by Crippen LogP contribution is -2.37. The van der Waals surface area contributed by atoms with Crippen LogP contribution in [-0.2, 0) is 19.1 Å². The summed E-state index contributed by atoms with van der Waals surface area (Å²) < 4.78 is 9.94. The van der Waals surface area contributed by atoms with E-state index in [1.165, 1.54) is 0 Å². The van der Waals surface area contributed by atoms with Gasteiger partial charge in [0.2, 0.25) is 0 Å². The molecule has 0 amide bonds. The highest BCUT2D eigenvalue weighted by Crippen LogP contribution is 2.44. The van der Waals surface area contributed by atoms with Crippen LogP contribution >= 0.6 is 0 Å². The van der Waals surface area contributed by atoms with E-state index >= 15 is 0 Å². The fraction of sp³-hybridized carbons (Fsp3) is 0.857. The second-order valence-electron chi connectivity index (χ2n) is 5.73. The average molecular weight is 258 g/mol. The molecule has 0 atom stereocenters. The molecule has 0 aromatic carbocycles. The van der Waals surface area contributed by atoms with Crippen LogP contribution in [0.3, 0.4) is 0 Å². The summed E-state index contributed by atoms with van der Waals surface area (Å²) >= 11 is 0. The fourth-order valence-electron chi connectivity index (χ4n) is 1.62. The maximum Gasteiger partial charge on any atom is 0.306 e. The summed E-state index contributed by atoms with van der Waals surface area (Å²) in [7, 11) is 0. The quantitative estimate of drug-likeness (QED) is 0.659. The molecule has 0 aliphatic heterocycles. The van der Waals surface area contributed by atoms with Crippen molar-refractivity contribution in [1.29, 1.82) is 0 Å². The Labute approximate surface area is 110 Å². The minimum absolute atomic E-state index is 0.223. The van der Waals surface area contributed by atoms with Crippen molar-refractivity contribution in [2.24, 2.45) is 10.8 Å². The second-order valence-corrected chi connectivity index (χ2v) is 5.73. The van der Waals surface area contributed by atoms with Crippen LogP contribution in [0.25, 0.3) is 0 Å². The first-order valence-corrected chi connectivity index (χ1v) is 6.47. The largest absolute Gasteiger partial charge is 0.466 e. The molecular weight excluding hydrogens is 232 g/mol. The smallest absolute Gasteiger partial charge is 0.306 e. The Bertz CT molecular complexity index is 262. The highest BCUT2D eigenvalue weighted by Gasteiger charge is 2.40. The Morgan fingerprint density at radius 2 is 1.06 bits per heavy atom. The first-order valence-electron chi connectivity index (χ1n) is 6.47. The normalized spacial score (nSPS) is 12.1. The summed E-state index contributed by atoms with van der Waals surface area (Å²) in [5, 5.41) is 0. The van der Waals surface area contributed by atoms with Crippen molar-refractivity contribution in [2.45, 2.75) is 54.4 Å². The molecule has 0 N–H and O–H groups in total. The average Bonchev–Trinajstić information content (AvgIpc) is 2.15. The van der Waals surface area contributed by atoms with E-state index in [4.69, 9.17) is 9.47 Å². The molecule has 0 saturated heterocycles. The van der Waals surface area contributed by atoms with Crippen molar-refractivity contribution in [3.05, 3.63) is 0 Å². The standard InChI is InChI=1S/C14H26O4/c1-7-17-11(15)9-13(3,4)14(5,6)10-12(16)18-8-2/h7-10H2,1-6H3. The van der Waals surface area contributed by atoms with Gasteiger partial charge in [-0.1, -0.05) is 27.7 Å². The SMILES string of the molecule is CCOC(=O)CC(C)(C)C(C)(C)CC(=O)OCC. The zero-order valence-electron chi connectivity index (χ0n) is 12.5. The van der Waals surface area contributed by atoms with Crippen molar-refractivity contribution in [3.8, 4) is 0 Å². The lowest BCUT2D eigenvalue weighted by molar-refractivity contribution is -0.153. The monoisotopic (exact) mass is 258 g/mol. The molecule has 0 rings (SSSR count). The summed E-state index contributed by atoms with van der Waals surface area (Å²) in [6, 6.07) is 0. The number of rotatable bonds is 7. The summed E-state index contributed by atoms with van der Waals surface area (Å²) in [5.41, 5.74) is -0.655. The van der Waals surface area contributed by atoms with Gasteiger partial charge in [0.1, 0.15) is 0 Å². The number of esters is 2. The van der Waals surface area contributed by atoms with Crippen LogP contribution in [0, 0.1) is 10.8 Å². The molecule has 0 spiro atoms. The molecular formula is C14H26O4. The van der Waals surface area contributed by atoms with Gasteiger partial charge in [-0.15, -0.1) is 0 Å². The molecule has 0 aromatic rings. The van der Waals surface area contributed by atoms with E-state index in [0.717, 1.165) is 0 Å². The van der Waals surface area contributed by atoms with Gasteiger partial charge in [-0.05, 0) is 24.7 Å². The topological polar surface area (TPSA) is 52.6 Å². The van der Waals surface area contributed by atoms with Gasteiger partial charge in [0.15, 0.2) is 0 Å². The van der Waals surface area contributed by atoms with Gasteiger partial charge in [-0.3, -0.25) is 9.59 Å². The maximum absolute atomic E-state index is 11.6. The number of carbonyl (C=O) groups excluding carboxylic acids is 2. The molecule has 18 heavy (non-hydrogen) atoms. The van der Waals surface area contributed by atoms with E-state index in [9.17, 15) is 9.59 Å². The van der Waals surface area contributed by atoms with Crippen molar-refractivity contribution in [2.75, 3.05) is 13.2 Å². The van der Waals surface area contributed by atoms with Crippen LogP contribution < -0.4 is 0 Å². The van der Waals surface area contributed by atoms with E-state index in [-0.39, 0.29) is 22.8 Å². The molecule has 4 heteroatoms. The molecule has 0 heterocycles. The highest BCUT2D eigenvalue weighted by molar-refractivity contribution is 5.72. The van der Waals surface area contributed by atoms with Gasteiger partial charge in [0.05, 0.1) is 26.1 Å². The third kappa shape index (κ3) is 5.07. The van der Waals surface area contributed by atoms with Crippen LogP contribution in [-0.4, -0.2) is 25.2 Å². The van der Waals surface area contributed by atoms with Gasteiger partial charge < -0.3 is 9.47 Å². The van der Waals surface area contributed by atoms with Crippen LogP contribution in [0.5, 0.6) is 0 Å². The minimum atomic E-state index is -0.327. The highest BCUT2D eigenvalue weighted by atomic mass is 16.5. The molecule has 0 bridgehead atoms. The van der Waals surface area contributed by atoms with E-state index in [0.29, 0.717) is 26.1 Å². The summed E-state index contributed by atoms with van der Waals surface area (Å²) in [5.74, 6) is -0.445. The van der Waals surface area contributed by atoms with Gasteiger partial charge in [-0.25, -0.2) is 0 Å². The van der Waals surface area contributed by atoms with E-state index in [1.54, 1.807) is 13.8 Å². The Morgan fingerprint density at radius 1 is 0.778 bits per heavy atom. The van der Waals surface area contributed by atoms with Crippen molar-refractivity contribution in [1.82, 2.24) is 0 Å². The van der Waals surface area contributed by atoms with Crippen molar-refractivity contribution >= 4 is 11.9 Å². The van der Waals surface area contributed by atoms with Gasteiger partial charge >= 0.3 is 11.9 Å². The van der Waals surface area contributed by atoms with Gasteiger partial charge in [0.25, 0.3) is 0 Å². The van der Waals surface area contributed by atoms with Crippen molar-refractivity contribution in [3.63, 3.8) is 0 Å². The first-order chi connectivity index (χ1) is 8.16. The van der Waals surface area contributed by atoms with Crippen molar-refractivity contribution < 1.29 is 19.1 Å². The Morgan fingerprint density at radius 3 is 1.28 bits per heavy atom. The molecule has 0 aliphatic rings. The van der Waals surface area contributed by atoms with Crippen LogP contribution in [0.4, 0.5) is 0 Å². The number of hydrogen-bond donors (Lipinski definition) is 0. The van der Waals surface area contributed by atoms with Crippen LogP contribution in [0.2, 0.25) is 0 Å². The minimum Gasteiger partial charge on any atom is -0.466 e. The molecule has 4 nitrogen and oxygen atoms in total. The maximum atomic E-state index is 11.6. The summed E-state index contributed by atoms with van der Waals surface area (Å²) in [4.78, 5) is 23.2. The predicted octanol–water partition coefficient (Wildman–Crippen LogP) is 2.95. The molecule has 0 fully saturated rings. The zero-order chi connectivity index (χ0) is 14.4. The third-order valence-corrected chi connectivity index (χ3v) is 3.62. The zero-order valence-corrected chi connectivity index (χ0v) is 12.5. The molecule has 0 radical (unpaired) electrons. The molecule has 106 valence electrons. The molecule has 0 saturated carbocycles. The second kappa shape index (κ2) is 6.76. The number of ether oxygens (including phenoxy) is 2. The van der Waals surface area contributed by atoms with Gasteiger partial charge in [-0.2, -0.15) is 0 Å². The number of hydrogen-bond acceptors (Lipinski definition) is 4. The Kier molecular flexibility index (Phi) is 6.36. The lowest BCUT2D eigenvalue weighted by Gasteiger charge is -2.40. The first kappa shape index (κ1) is 16.9. The number of carbonyl (C=O) groups is 2. The summed E-state index contributed by atoms with van der Waals surface area (Å²) in [6.45, 7) is 12.2. The fourth-order valence-corrected chi connectivity index (χ4v) is 1.62. The molecule has 0 unspecified atom stereocenters. The Hall–Kier alpha value is -1.06. The third-order valence-electron chi connectivity index (χ3n) is 3.62. The van der Waals surface area contributed by atoms with Crippen LogP contribution in [0.1, 0.15) is 54.4 Å². The molecule has 0 aromatic heterocycles. The predicted molar refractivity (Wildman–Crippen MR) is 70.1 cm³/mol. The van der Waals surface area contributed by atoms with E-state index in [2.05, 4.69) is 0 Å².